The number of amides is 2. The van der Waals surface area contributed by atoms with Crippen LogP contribution >= 0.6 is 23.1 Å². The van der Waals surface area contributed by atoms with Gasteiger partial charge in [0.25, 0.3) is 0 Å². The zero-order valence-electron chi connectivity index (χ0n) is 19.0. The van der Waals surface area contributed by atoms with E-state index in [9.17, 15) is 29.4 Å². The van der Waals surface area contributed by atoms with E-state index in [-0.39, 0.29) is 27.7 Å². The molecule has 34 heavy (non-hydrogen) atoms. The summed E-state index contributed by atoms with van der Waals surface area (Å²) in [5, 5.41) is 21.7. The molecule has 1 aromatic heterocycles. The van der Waals surface area contributed by atoms with Gasteiger partial charge in [0, 0.05) is 16.5 Å². The highest BCUT2D eigenvalue weighted by atomic mass is 32.2. The molecule has 0 saturated carbocycles. The maximum atomic E-state index is 13.4. The van der Waals surface area contributed by atoms with Gasteiger partial charge in [0.1, 0.15) is 22.6 Å². The number of aliphatic carboxylic acids is 1. The maximum Gasteiger partial charge on any atom is 0.413 e. The summed E-state index contributed by atoms with van der Waals surface area (Å²) in [6.45, 7) is 6.38. The van der Waals surface area contributed by atoms with Crippen LogP contribution < -0.4 is 11.1 Å². The number of β-lactam (4-membered cyclic amide) rings is 1. The fourth-order valence-electron chi connectivity index (χ4n) is 3.56. The highest BCUT2D eigenvalue weighted by Gasteiger charge is 2.58. The number of allylic oxidation sites excluding steroid dienone is 2. The zero-order chi connectivity index (χ0) is 25.4. The molecule has 2 amide bonds. The van der Waals surface area contributed by atoms with E-state index in [0.717, 1.165) is 28.0 Å². The number of ether oxygens (including phenoxy) is 1. The van der Waals surface area contributed by atoms with Crippen LogP contribution in [0.5, 0.6) is 0 Å². The second-order valence-electron chi connectivity index (χ2n) is 8.53. The summed E-state index contributed by atoms with van der Waals surface area (Å²) in [4.78, 5) is 55.4. The van der Waals surface area contributed by atoms with Crippen LogP contribution in [0, 0.1) is 5.92 Å². The number of Topliss-reactive ketones (excluding diaryl/α,β-unsaturated/α-hetero) is 1. The molecule has 2 aliphatic heterocycles. The monoisotopic (exact) mass is 510 g/mol. The van der Waals surface area contributed by atoms with Gasteiger partial charge in [-0.2, -0.15) is 0 Å². The molecular weight excluding hydrogens is 484 g/mol. The number of rotatable bonds is 7. The van der Waals surface area contributed by atoms with Crippen LogP contribution in [-0.2, 0) is 19.1 Å². The van der Waals surface area contributed by atoms with Crippen molar-refractivity contribution in [2.24, 2.45) is 11.7 Å². The molecule has 0 radical (unpaired) electrons. The predicted molar refractivity (Wildman–Crippen MR) is 127 cm³/mol. The van der Waals surface area contributed by atoms with E-state index >= 15 is 0 Å². The van der Waals surface area contributed by atoms with Crippen LogP contribution in [0.1, 0.15) is 39.8 Å². The average molecular weight is 511 g/mol. The number of thiazole rings is 1. The van der Waals surface area contributed by atoms with Crippen LogP contribution in [0.3, 0.4) is 0 Å². The lowest BCUT2D eigenvalue weighted by Gasteiger charge is -2.50. The number of fused-ring (bicyclic) bond motifs is 1. The Hall–Kier alpha value is -2.74. The van der Waals surface area contributed by atoms with Gasteiger partial charge >= 0.3 is 12.1 Å². The molecule has 13 heteroatoms. The quantitative estimate of drug-likeness (QED) is 0.241. The Kier molecular flexibility index (Phi) is 7.50. The second kappa shape index (κ2) is 9.86. The summed E-state index contributed by atoms with van der Waals surface area (Å²) >= 11 is 2.14. The molecule has 5 N–H and O–H groups in total. The number of hydrogen-bond donors (Lipinski definition) is 4. The minimum Gasteiger partial charge on any atom is -0.477 e. The first kappa shape index (κ1) is 25.9. The van der Waals surface area contributed by atoms with Gasteiger partial charge in [-0.3, -0.25) is 19.8 Å². The molecule has 0 bridgehead atoms. The average Bonchev–Trinajstić information content (AvgIpc) is 3.17. The van der Waals surface area contributed by atoms with E-state index in [1.54, 1.807) is 32.2 Å². The number of aliphatic hydroxyl groups excluding tert-OH is 1. The third kappa shape index (κ3) is 5.02. The molecule has 11 nitrogen and oxygen atoms in total. The zero-order valence-corrected chi connectivity index (χ0v) is 20.7. The van der Waals surface area contributed by atoms with E-state index < -0.39 is 52.6 Å². The lowest BCUT2D eigenvalue weighted by atomic mass is 9.86. The number of anilines is 1. The molecule has 2 aliphatic rings. The highest BCUT2D eigenvalue weighted by molar-refractivity contribution is 8.00. The third-order valence-corrected chi connectivity index (χ3v) is 7.03. The fraction of sp³-hybridized carbons (Fsp3) is 0.476. The Morgan fingerprint density at radius 2 is 2.03 bits per heavy atom. The number of carboxylic acids is 1. The third-order valence-electron chi connectivity index (χ3n) is 4.93. The Morgan fingerprint density at radius 3 is 2.59 bits per heavy atom. The molecule has 3 rings (SSSR count). The number of aliphatic hydroxyl groups is 1. The lowest BCUT2D eigenvalue weighted by Crippen LogP contribution is -2.65. The van der Waals surface area contributed by atoms with Gasteiger partial charge in [-0.15, -0.1) is 23.1 Å². The molecule has 0 aromatic carbocycles. The van der Waals surface area contributed by atoms with Crippen LogP contribution in [0.15, 0.2) is 22.7 Å². The molecule has 1 fully saturated rings. The van der Waals surface area contributed by atoms with Crippen molar-refractivity contribution in [1.29, 1.82) is 0 Å². The maximum absolute atomic E-state index is 13.4. The second-order valence-corrected chi connectivity index (χ2v) is 10.6. The van der Waals surface area contributed by atoms with Crippen molar-refractivity contribution in [2.45, 2.75) is 50.5 Å². The van der Waals surface area contributed by atoms with Gasteiger partial charge < -0.3 is 20.7 Å². The van der Waals surface area contributed by atoms with Gasteiger partial charge in [0.15, 0.2) is 10.9 Å². The first-order valence-corrected chi connectivity index (χ1v) is 12.2. The standard InChI is InChI=1S/C21H26N4O7S2/c1-5-6-9(11-8-33-19(23-11)24-20(31)32-21(2,3)4)14(27)12-16(28)25-13(18(29)30)10(7-26)15(22)34-17(12)25/h6,8,12,15,17,26H,5,7,22H2,1-4H3,(H,29,30)(H,23,24,31)/b9-6-/t12?,15?,17-/m1/s1. The number of nitrogens with one attached hydrogen (secondary N) is 1. The molecule has 3 heterocycles. The van der Waals surface area contributed by atoms with Crippen LogP contribution in [-0.4, -0.2) is 66.8 Å². The summed E-state index contributed by atoms with van der Waals surface area (Å²) < 4.78 is 5.20. The van der Waals surface area contributed by atoms with Crippen LogP contribution in [0.25, 0.3) is 5.57 Å². The van der Waals surface area contributed by atoms with E-state index in [1.807, 2.05) is 6.92 Å². The summed E-state index contributed by atoms with van der Waals surface area (Å²) in [6.07, 6.45) is 1.42. The number of carbonyl (C=O) groups excluding carboxylic acids is 3. The summed E-state index contributed by atoms with van der Waals surface area (Å²) in [5.41, 5.74) is 5.43. The summed E-state index contributed by atoms with van der Waals surface area (Å²) in [5.74, 6) is -3.74. The van der Waals surface area contributed by atoms with Gasteiger partial charge in [-0.05, 0) is 27.2 Å². The van der Waals surface area contributed by atoms with E-state index in [1.165, 1.54) is 0 Å². The van der Waals surface area contributed by atoms with Crippen molar-refractivity contribution in [3.05, 3.63) is 28.4 Å². The smallest absolute Gasteiger partial charge is 0.413 e. The fourth-order valence-corrected chi connectivity index (χ4v) is 5.63. The van der Waals surface area contributed by atoms with Crippen molar-refractivity contribution in [3.8, 4) is 0 Å². The van der Waals surface area contributed by atoms with Crippen LogP contribution in [0.2, 0.25) is 0 Å². The van der Waals surface area contributed by atoms with Crippen molar-refractivity contribution in [1.82, 2.24) is 9.88 Å². The number of carbonyl (C=O) groups is 4. The minimum absolute atomic E-state index is 0.0229. The Labute approximate surface area is 204 Å². The largest absolute Gasteiger partial charge is 0.477 e. The normalized spacial score (nSPS) is 22.8. The molecule has 184 valence electrons. The molecule has 2 unspecified atom stereocenters. The summed E-state index contributed by atoms with van der Waals surface area (Å²) in [6, 6.07) is 0. The molecule has 0 spiro atoms. The van der Waals surface area contributed by atoms with Crippen molar-refractivity contribution in [2.75, 3.05) is 11.9 Å². The highest BCUT2D eigenvalue weighted by Crippen LogP contribution is 2.47. The molecule has 1 aromatic rings. The molecule has 3 atom stereocenters. The van der Waals surface area contributed by atoms with Crippen molar-refractivity contribution < 1.29 is 34.1 Å². The van der Waals surface area contributed by atoms with Gasteiger partial charge in [0.05, 0.1) is 17.7 Å². The van der Waals surface area contributed by atoms with E-state index in [2.05, 4.69) is 10.3 Å². The number of thioether (sulfide) groups is 1. The van der Waals surface area contributed by atoms with Gasteiger partial charge in [-0.25, -0.2) is 14.6 Å². The van der Waals surface area contributed by atoms with Gasteiger partial charge in [-0.1, -0.05) is 13.0 Å². The van der Waals surface area contributed by atoms with Crippen LogP contribution in [0.4, 0.5) is 9.93 Å². The van der Waals surface area contributed by atoms with Crippen molar-refractivity contribution in [3.63, 3.8) is 0 Å². The molecular formula is C21H26N4O7S2. The predicted octanol–water partition coefficient (Wildman–Crippen LogP) is 2.00. The van der Waals surface area contributed by atoms with E-state index in [4.69, 9.17) is 10.5 Å². The number of hydrogen-bond acceptors (Lipinski definition) is 10. The first-order valence-electron chi connectivity index (χ1n) is 10.4. The summed E-state index contributed by atoms with van der Waals surface area (Å²) in [7, 11) is 0. The van der Waals surface area contributed by atoms with Crippen molar-refractivity contribution >= 4 is 57.6 Å². The Morgan fingerprint density at radius 1 is 1.35 bits per heavy atom. The Balaban J connectivity index is 1.84. The molecule has 1 saturated heterocycles. The number of carboxylic acid groups (broad SMARTS) is 1. The number of ketones is 1. The SMILES string of the molecule is CC/C=C(\C(=O)C1C(=O)N2C(C(=O)O)=C(CO)C(N)S[C@H]12)c1csc(NC(=O)OC(C)(C)C)n1. The Bertz CT molecular complexity index is 1090. The lowest BCUT2D eigenvalue weighted by molar-refractivity contribution is -0.155. The first-order chi connectivity index (χ1) is 15.9. The number of nitrogens with zero attached hydrogens (tertiary/aromatic N) is 2. The number of aromatic nitrogens is 1. The topological polar surface area (TPSA) is 172 Å². The van der Waals surface area contributed by atoms with E-state index in [0.29, 0.717) is 6.42 Å². The molecule has 0 aliphatic carbocycles. The number of nitrogens with two attached hydrogens (primary N) is 1. The minimum atomic E-state index is -1.40. The van der Waals surface area contributed by atoms with Gasteiger partial charge in [0.2, 0.25) is 5.91 Å².